The van der Waals surface area contributed by atoms with E-state index in [-0.39, 0.29) is 30.6 Å². The van der Waals surface area contributed by atoms with Crippen molar-refractivity contribution in [3.63, 3.8) is 0 Å². The maximum absolute atomic E-state index is 14.0. The van der Waals surface area contributed by atoms with Gasteiger partial charge in [0.05, 0.1) is 0 Å². The molecule has 0 saturated heterocycles. The lowest BCUT2D eigenvalue weighted by Crippen LogP contribution is -2.36. The molecule has 7 heteroatoms. The molecule has 130 valence electrons. The molecule has 0 fully saturated rings. The predicted octanol–water partition coefficient (Wildman–Crippen LogP) is 2.63. The van der Waals surface area contributed by atoms with E-state index in [0.717, 1.165) is 16.4 Å². The van der Waals surface area contributed by atoms with Gasteiger partial charge in [0.15, 0.2) is 0 Å². The lowest BCUT2D eigenvalue weighted by molar-refractivity contribution is 0.0930. The Balaban J connectivity index is 3.21. The van der Waals surface area contributed by atoms with E-state index in [2.05, 4.69) is 5.32 Å². The van der Waals surface area contributed by atoms with E-state index in [4.69, 9.17) is 0 Å². The first-order chi connectivity index (χ1) is 10.6. The van der Waals surface area contributed by atoms with Crippen LogP contribution in [0.3, 0.4) is 0 Å². The minimum Gasteiger partial charge on any atom is -0.349 e. The van der Waals surface area contributed by atoms with Gasteiger partial charge in [-0.25, -0.2) is 12.8 Å². The number of amides is 1. The number of carbonyl (C=O) groups is 1. The molecule has 1 N–H and O–H groups in total. The van der Waals surface area contributed by atoms with Gasteiger partial charge < -0.3 is 5.32 Å². The highest BCUT2D eigenvalue weighted by molar-refractivity contribution is 7.89. The number of sulfonamides is 1. The minimum absolute atomic E-state index is 0.0737. The van der Waals surface area contributed by atoms with Crippen LogP contribution in [0.25, 0.3) is 0 Å². The molecule has 0 aliphatic heterocycles. The van der Waals surface area contributed by atoms with Gasteiger partial charge in [-0.2, -0.15) is 4.31 Å². The summed E-state index contributed by atoms with van der Waals surface area (Å²) in [7, 11) is -3.95. The fourth-order valence-corrected chi connectivity index (χ4v) is 3.55. The molecule has 1 unspecified atom stereocenters. The summed E-state index contributed by atoms with van der Waals surface area (Å²) in [4.78, 5) is 11.8. The average Bonchev–Trinajstić information content (AvgIpc) is 2.48. The molecule has 0 aliphatic carbocycles. The number of nitrogens with zero attached hydrogens (tertiary/aromatic N) is 1. The Morgan fingerprint density at radius 2 is 1.78 bits per heavy atom. The van der Waals surface area contributed by atoms with Crippen molar-refractivity contribution in [3.8, 4) is 0 Å². The van der Waals surface area contributed by atoms with Crippen LogP contribution in [0.15, 0.2) is 23.1 Å². The summed E-state index contributed by atoms with van der Waals surface area (Å²) < 4.78 is 40.1. The van der Waals surface area contributed by atoms with Crippen LogP contribution in [-0.2, 0) is 10.0 Å². The van der Waals surface area contributed by atoms with Gasteiger partial charge in [0.1, 0.15) is 10.7 Å². The maximum atomic E-state index is 14.0. The molecule has 0 spiro atoms. The van der Waals surface area contributed by atoms with Gasteiger partial charge in [0, 0.05) is 24.7 Å². The van der Waals surface area contributed by atoms with E-state index in [1.165, 1.54) is 6.07 Å². The Hall–Kier alpha value is -1.47. The Kier molecular flexibility index (Phi) is 6.70. The lowest BCUT2D eigenvalue weighted by Gasteiger charge is -2.20. The number of rotatable bonds is 7. The average molecular weight is 344 g/mol. The first-order valence-corrected chi connectivity index (χ1v) is 9.19. The highest BCUT2D eigenvalue weighted by atomic mass is 32.2. The standard InChI is InChI=1S/C16H25FN2O3S/c1-6-19(7-2)23(21,22)15-10-13(8-9-14(15)17)16(20)18-12(5)11(3)4/h8-12H,6-7H2,1-5H3,(H,18,20). The van der Waals surface area contributed by atoms with Crippen molar-refractivity contribution in [1.29, 1.82) is 0 Å². The van der Waals surface area contributed by atoms with Crippen LogP contribution in [0.5, 0.6) is 0 Å². The molecular weight excluding hydrogens is 319 g/mol. The molecule has 0 aliphatic rings. The third kappa shape index (κ3) is 4.51. The summed E-state index contributed by atoms with van der Waals surface area (Å²) in [5, 5.41) is 2.78. The molecule has 0 aromatic heterocycles. The summed E-state index contributed by atoms with van der Waals surface area (Å²) in [6.45, 7) is 9.62. The summed E-state index contributed by atoms with van der Waals surface area (Å²) >= 11 is 0. The van der Waals surface area contributed by atoms with Gasteiger partial charge in [0.2, 0.25) is 10.0 Å². The van der Waals surface area contributed by atoms with E-state index in [0.29, 0.717) is 0 Å². The Bertz CT molecular complexity index is 655. The molecular formula is C16H25FN2O3S. The first kappa shape index (κ1) is 19.6. The van der Waals surface area contributed by atoms with E-state index in [1.807, 2.05) is 20.8 Å². The Morgan fingerprint density at radius 3 is 2.26 bits per heavy atom. The second-order valence-electron chi connectivity index (χ2n) is 5.74. The van der Waals surface area contributed by atoms with Gasteiger partial charge in [-0.15, -0.1) is 0 Å². The van der Waals surface area contributed by atoms with Crippen molar-refractivity contribution in [2.24, 2.45) is 5.92 Å². The zero-order valence-electron chi connectivity index (χ0n) is 14.3. The molecule has 1 aromatic carbocycles. The topological polar surface area (TPSA) is 66.5 Å². The largest absolute Gasteiger partial charge is 0.349 e. The van der Waals surface area contributed by atoms with Crippen molar-refractivity contribution in [2.75, 3.05) is 13.1 Å². The summed E-state index contributed by atoms with van der Waals surface area (Å²) in [6.07, 6.45) is 0. The highest BCUT2D eigenvalue weighted by Crippen LogP contribution is 2.21. The summed E-state index contributed by atoms with van der Waals surface area (Å²) in [5.41, 5.74) is 0.129. The lowest BCUT2D eigenvalue weighted by atomic mass is 10.1. The zero-order chi connectivity index (χ0) is 17.8. The summed E-state index contributed by atoms with van der Waals surface area (Å²) in [6, 6.07) is 3.34. The Morgan fingerprint density at radius 1 is 1.22 bits per heavy atom. The normalized spacial score (nSPS) is 13.4. The molecule has 23 heavy (non-hydrogen) atoms. The summed E-state index contributed by atoms with van der Waals surface area (Å²) in [5.74, 6) is -1.04. The monoisotopic (exact) mass is 344 g/mol. The number of hydrogen-bond acceptors (Lipinski definition) is 3. The molecule has 0 radical (unpaired) electrons. The maximum Gasteiger partial charge on any atom is 0.251 e. The fraction of sp³-hybridized carbons (Fsp3) is 0.562. The van der Waals surface area contributed by atoms with Crippen molar-refractivity contribution < 1.29 is 17.6 Å². The number of benzene rings is 1. The Labute approximate surface area is 137 Å². The molecule has 1 amide bonds. The van der Waals surface area contributed by atoms with Crippen LogP contribution in [0.2, 0.25) is 0 Å². The van der Waals surface area contributed by atoms with Crippen LogP contribution in [0.1, 0.15) is 45.0 Å². The van der Waals surface area contributed by atoms with Crippen molar-refractivity contribution in [3.05, 3.63) is 29.6 Å². The van der Waals surface area contributed by atoms with Crippen LogP contribution >= 0.6 is 0 Å². The first-order valence-electron chi connectivity index (χ1n) is 7.75. The quantitative estimate of drug-likeness (QED) is 0.827. The molecule has 0 bridgehead atoms. The van der Waals surface area contributed by atoms with Crippen LogP contribution in [-0.4, -0.2) is 37.8 Å². The molecule has 0 heterocycles. The van der Waals surface area contributed by atoms with Gasteiger partial charge >= 0.3 is 0 Å². The van der Waals surface area contributed by atoms with E-state index < -0.39 is 26.6 Å². The molecule has 1 aromatic rings. The second-order valence-corrected chi connectivity index (χ2v) is 7.65. The number of carbonyl (C=O) groups excluding carboxylic acids is 1. The number of halogens is 1. The third-order valence-corrected chi connectivity index (χ3v) is 5.94. The van der Waals surface area contributed by atoms with Crippen molar-refractivity contribution in [1.82, 2.24) is 9.62 Å². The van der Waals surface area contributed by atoms with Gasteiger partial charge in [-0.3, -0.25) is 4.79 Å². The van der Waals surface area contributed by atoms with Gasteiger partial charge in [-0.1, -0.05) is 27.7 Å². The van der Waals surface area contributed by atoms with Crippen molar-refractivity contribution >= 4 is 15.9 Å². The van der Waals surface area contributed by atoms with Gasteiger partial charge in [-0.05, 0) is 31.0 Å². The molecule has 0 saturated carbocycles. The van der Waals surface area contributed by atoms with Crippen molar-refractivity contribution in [2.45, 2.75) is 45.6 Å². The molecule has 5 nitrogen and oxygen atoms in total. The SMILES string of the molecule is CCN(CC)S(=O)(=O)c1cc(C(=O)NC(C)C(C)C)ccc1F. The van der Waals surface area contributed by atoms with Crippen LogP contribution in [0.4, 0.5) is 4.39 Å². The number of nitrogens with one attached hydrogen (secondary N) is 1. The predicted molar refractivity (Wildman–Crippen MR) is 88.3 cm³/mol. The van der Waals surface area contributed by atoms with E-state index >= 15 is 0 Å². The van der Waals surface area contributed by atoms with E-state index in [9.17, 15) is 17.6 Å². The van der Waals surface area contributed by atoms with E-state index in [1.54, 1.807) is 13.8 Å². The third-order valence-electron chi connectivity index (χ3n) is 3.88. The highest BCUT2D eigenvalue weighted by Gasteiger charge is 2.26. The van der Waals surface area contributed by atoms with Crippen LogP contribution in [0, 0.1) is 11.7 Å². The fourth-order valence-electron chi connectivity index (χ4n) is 2.00. The van der Waals surface area contributed by atoms with Crippen LogP contribution < -0.4 is 5.32 Å². The smallest absolute Gasteiger partial charge is 0.251 e. The van der Waals surface area contributed by atoms with Gasteiger partial charge in [0.25, 0.3) is 5.91 Å². The molecule has 1 rings (SSSR count). The number of hydrogen-bond donors (Lipinski definition) is 1. The molecule has 1 atom stereocenters. The zero-order valence-corrected chi connectivity index (χ0v) is 15.1. The second kappa shape index (κ2) is 7.88. The minimum atomic E-state index is -3.95.